The van der Waals surface area contributed by atoms with Crippen molar-refractivity contribution in [1.29, 1.82) is 0 Å². The van der Waals surface area contributed by atoms with E-state index in [2.05, 4.69) is 36.4 Å². The molecule has 0 amide bonds. The third kappa shape index (κ3) is 4.48. The van der Waals surface area contributed by atoms with Crippen LogP contribution >= 0.6 is 15.9 Å². The molecule has 1 N–H and O–H groups in total. The molecule has 0 unspecified atom stereocenters. The Morgan fingerprint density at radius 1 is 1.15 bits per heavy atom. The molecule has 0 radical (unpaired) electrons. The molecule has 0 atom stereocenters. The van der Waals surface area contributed by atoms with E-state index in [1.54, 1.807) is 18.2 Å². The van der Waals surface area contributed by atoms with E-state index in [1.807, 2.05) is 31.2 Å². The first-order chi connectivity index (χ1) is 12.5. The van der Waals surface area contributed by atoms with Gasteiger partial charge in [0.05, 0.1) is 11.1 Å². The van der Waals surface area contributed by atoms with Gasteiger partial charge in [0, 0.05) is 39.5 Å². The summed E-state index contributed by atoms with van der Waals surface area (Å²) in [6.07, 6.45) is 1.50. The van der Waals surface area contributed by atoms with Crippen LogP contribution in [0.2, 0.25) is 0 Å². The van der Waals surface area contributed by atoms with Crippen molar-refractivity contribution < 1.29 is 4.92 Å². The molecule has 26 heavy (non-hydrogen) atoms. The SMILES string of the molecule is Cc1cc(N/N=C\c2cccc([N+](=O)[O-])c2)nc(-c2ccc(Br)cc2)n1. The monoisotopic (exact) mass is 411 g/mol. The van der Waals surface area contributed by atoms with Crippen molar-refractivity contribution in [1.82, 2.24) is 9.97 Å². The maximum atomic E-state index is 10.8. The summed E-state index contributed by atoms with van der Waals surface area (Å²) in [6, 6.07) is 15.7. The molecule has 0 bridgehead atoms. The summed E-state index contributed by atoms with van der Waals surface area (Å²) in [5.41, 5.74) is 5.17. The van der Waals surface area contributed by atoms with E-state index in [-0.39, 0.29) is 5.69 Å². The van der Waals surface area contributed by atoms with Crippen molar-refractivity contribution in [3.8, 4) is 11.4 Å². The minimum Gasteiger partial charge on any atom is -0.261 e. The summed E-state index contributed by atoms with van der Waals surface area (Å²) in [7, 11) is 0. The van der Waals surface area contributed by atoms with Crippen LogP contribution in [0.15, 0.2) is 64.2 Å². The summed E-state index contributed by atoms with van der Waals surface area (Å²) in [5, 5.41) is 14.9. The molecule has 2 aromatic carbocycles. The predicted octanol–water partition coefficient (Wildman–Crippen LogP) is 4.57. The third-order valence-corrected chi connectivity index (χ3v) is 3.96. The molecule has 0 spiro atoms. The van der Waals surface area contributed by atoms with Crippen LogP contribution in [0.3, 0.4) is 0 Å². The lowest BCUT2D eigenvalue weighted by Gasteiger charge is -2.05. The number of benzene rings is 2. The molecule has 0 saturated carbocycles. The Hall–Kier alpha value is -3.13. The molecule has 0 saturated heterocycles. The van der Waals surface area contributed by atoms with E-state index in [0.717, 1.165) is 15.7 Å². The van der Waals surface area contributed by atoms with E-state index in [4.69, 9.17) is 0 Å². The van der Waals surface area contributed by atoms with Crippen LogP contribution < -0.4 is 5.43 Å². The van der Waals surface area contributed by atoms with E-state index < -0.39 is 4.92 Å². The maximum absolute atomic E-state index is 10.8. The number of nitro groups is 1. The predicted molar refractivity (Wildman–Crippen MR) is 104 cm³/mol. The van der Waals surface area contributed by atoms with Crippen molar-refractivity contribution in [2.75, 3.05) is 5.43 Å². The second kappa shape index (κ2) is 7.83. The lowest BCUT2D eigenvalue weighted by molar-refractivity contribution is -0.384. The van der Waals surface area contributed by atoms with Crippen LogP contribution in [0.1, 0.15) is 11.3 Å². The normalized spacial score (nSPS) is 10.8. The van der Waals surface area contributed by atoms with Crippen LogP contribution in [0, 0.1) is 17.0 Å². The Kier molecular flexibility index (Phi) is 5.33. The van der Waals surface area contributed by atoms with Gasteiger partial charge in [-0.15, -0.1) is 0 Å². The molecule has 0 fully saturated rings. The minimum absolute atomic E-state index is 0.0179. The van der Waals surface area contributed by atoms with Crippen molar-refractivity contribution >= 4 is 33.6 Å². The minimum atomic E-state index is -0.441. The van der Waals surface area contributed by atoms with Crippen LogP contribution in [0.4, 0.5) is 11.5 Å². The number of anilines is 1. The summed E-state index contributed by atoms with van der Waals surface area (Å²) in [5.74, 6) is 1.13. The largest absolute Gasteiger partial charge is 0.270 e. The quantitative estimate of drug-likeness (QED) is 0.377. The first-order valence-corrected chi connectivity index (χ1v) is 8.46. The zero-order valence-electron chi connectivity index (χ0n) is 13.8. The van der Waals surface area contributed by atoms with E-state index >= 15 is 0 Å². The molecule has 1 heterocycles. The molecule has 0 aliphatic heterocycles. The third-order valence-electron chi connectivity index (χ3n) is 3.43. The first kappa shape index (κ1) is 17.7. The van der Waals surface area contributed by atoms with E-state index in [0.29, 0.717) is 17.2 Å². The van der Waals surface area contributed by atoms with Gasteiger partial charge in [0.25, 0.3) is 5.69 Å². The molecule has 130 valence electrons. The van der Waals surface area contributed by atoms with Gasteiger partial charge in [-0.3, -0.25) is 15.5 Å². The van der Waals surface area contributed by atoms with Gasteiger partial charge >= 0.3 is 0 Å². The molecule has 1 aromatic heterocycles. The number of nitrogens with one attached hydrogen (secondary N) is 1. The highest BCUT2D eigenvalue weighted by Gasteiger charge is 2.06. The topological polar surface area (TPSA) is 93.3 Å². The van der Waals surface area contributed by atoms with Crippen molar-refractivity contribution in [2.24, 2.45) is 5.10 Å². The van der Waals surface area contributed by atoms with Gasteiger partial charge in [-0.2, -0.15) is 5.10 Å². The lowest BCUT2D eigenvalue weighted by Crippen LogP contribution is -1.99. The Morgan fingerprint density at radius 3 is 2.65 bits per heavy atom. The Morgan fingerprint density at radius 2 is 1.92 bits per heavy atom. The number of nitro benzene ring substituents is 1. The van der Waals surface area contributed by atoms with Crippen molar-refractivity contribution in [3.05, 3.63) is 80.4 Å². The van der Waals surface area contributed by atoms with Crippen molar-refractivity contribution in [3.63, 3.8) is 0 Å². The summed E-state index contributed by atoms with van der Waals surface area (Å²) >= 11 is 3.40. The highest BCUT2D eigenvalue weighted by molar-refractivity contribution is 9.10. The number of hydrazone groups is 1. The average Bonchev–Trinajstić information content (AvgIpc) is 2.62. The summed E-state index contributed by atoms with van der Waals surface area (Å²) < 4.78 is 0.980. The number of halogens is 1. The highest BCUT2D eigenvalue weighted by Crippen LogP contribution is 2.20. The molecule has 0 aliphatic carbocycles. The number of nitrogens with zero attached hydrogens (tertiary/aromatic N) is 4. The van der Waals surface area contributed by atoms with Gasteiger partial charge in [-0.05, 0) is 19.1 Å². The second-order valence-corrected chi connectivity index (χ2v) is 6.36. The smallest absolute Gasteiger partial charge is 0.261 e. The fourth-order valence-corrected chi connectivity index (χ4v) is 2.51. The second-order valence-electron chi connectivity index (χ2n) is 5.45. The number of aromatic nitrogens is 2. The molecular formula is C18H14BrN5O2. The van der Waals surface area contributed by atoms with E-state index in [9.17, 15) is 10.1 Å². The number of hydrogen-bond acceptors (Lipinski definition) is 6. The summed E-state index contributed by atoms with van der Waals surface area (Å²) in [6.45, 7) is 1.87. The standard InChI is InChI=1S/C18H14BrN5O2/c1-12-9-17(22-18(21-12)14-5-7-15(19)8-6-14)23-20-11-13-3-2-4-16(10-13)24(25)26/h2-11H,1H3,(H,21,22,23)/b20-11-. The van der Waals surface area contributed by atoms with Gasteiger partial charge in [0.1, 0.15) is 0 Å². The van der Waals surface area contributed by atoms with Gasteiger partial charge < -0.3 is 0 Å². The summed E-state index contributed by atoms with van der Waals surface area (Å²) in [4.78, 5) is 19.3. The lowest BCUT2D eigenvalue weighted by atomic mass is 10.2. The van der Waals surface area contributed by atoms with Crippen LogP contribution in [0.25, 0.3) is 11.4 Å². The highest BCUT2D eigenvalue weighted by atomic mass is 79.9. The number of aryl methyl sites for hydroxylation is 1. The molecule has 8 heteroatoms. The number of non-ortho nitro benzene ring substituents is 1. The Labute approximate surface area is 158 Å². The van der Waals surface area contributed by atoms with Gasteiger partial charge in [0.2, 0.25) is 0 Å². The molecule has 3 aromatic rings. The van der Waals surface area contributed by atoms with Crippen LogP contribution in [-0.2, 0) is 0 Å². The average molecular weight is 412 g/mol. The number of rotatable bonds is 5. The number of hydrogen-bond donors (Lipinski definition) is 1. The van der Waals surface area contributed by atoms with Gasteiger partial charge in [-0.25, -0.2) is 9.97 Å². The van der Waals surface area contributed by atoms with Gasteiger partial charge in [0.15, 0.2) is 11.6 Å². The fourth-order valence-electron chi connectivity index (χ4n) is 2.25. The molecule has 0 aliphatic rings. The maximum Gasteiger partial charge on any atom is 0.270 e. The Bertz CT molecular complexity index is 974. The van der Waals surface area contributed by atoms with Gasteiger partial charge in [-0.1, -0.05) is 40.2 Å². The van der Waals surface area contributed by atoms with Crippen LogP contribution in [-0.4, -0.2) is 21.1 Å². The molecule has 7 nitrogen and oxygen atoms in total. The fraction of sp³-hybridized carbons (Fsp3) is 0.0556. The zero-order chi connectivity index (χ0) is 18.5. The van der Waals surface area contributed by atoms with Crippen LogP contribution in [0.5, 0.6) is 0 Å². The first-order valence-electron chi connectivity index (χ1n) is 7.66. The zero-order valence-corrected chi connectivity index (χ0v) is 15.3. The Balaban J connectivity index is 1.79. The van der Waals surface area contributed by atoms with E-state index in [1.165, 1.54) is 18.3 Å². The molecule has 3 rings (SSSR count). The molecular weight excluding hydrogens is 398 g/mol. The van der Waals surface area contributed by atoms with Crippen molar-refractivity contribution in [2.45, 2.75) is 6.92 Å².